The summed E-state index contributed by atoms with van der Waals surface area (Å²) in [6.45, 7) is 0.407. The lowest BCUT2D eigenvalue weighted by molar-refractivity contribution is -0.0327. The molecule has 17 heavy (non-hydrogen) atoms. The Morgan fingerprint density at radius 3 is 3.06 bits per heavy atom. The van der Waals surface area contributed by atoms with Crippen LogP contribution in [0.25, 0.3) is 0 Å². The van der Waals surface area contributed by atoms with E-state index in [-0.39, 0.29) is 23.6 Å². The van der Waals surface area contributed by atoms with Gasteiger partial charge < -0.3 is 5.32 Å². The summed E-state index contributed by atoms with van der Waals surface area (Å²) >= 11 is 1.79. The van der Waals surface area contributed by atoms with Gasteiger partial charge in [-0.05, 0) is 48.0 Å². The van der Waals surface area contributed by atoms with E-state index in [0.29, 0.717) is 6.54 Å². The number of thioether (sulfide) groups is 1. The molecule has 1 aliphatic carbocycles. The second kappa shape index (κ2) is 5.63. The topological polar surface area (TPSA) is 12.0 Å². The highest BCUT2D eigenvalue weighted by Crippen LogP contribution is 2.33. The molecule has 0 spiro atoms. The zero-order chi connectivity index (χ0) is 12.3. The van der Waals surface area contributed by atoms with Gasteiger partial charge in [-0.15, -0.1) is 11.3 Å². The van der Waals surface area contributed by atoms with E-state index in [9.17, 15) is 13.2 Å². The molecule has 0 aliphatic heterocycles. The van der Waals surface area contributed by atoms with Crippen molar-refractivity contribution < 1.29 is 13.2 Å². The second-order valence-electron chi connectivity index (χ2n) is 3.99. The van der Waals surface area contributed by atoms with Gasteiger partial charge in [0.05, 0.1) is 0 Å². The van der Waals surface area contributed by atoms with E-state index in [1.807, 2.05) is 0 Å². The Kier molecular flexibility index (Phi) is 4.38. The summed E-state index contributed by atoms with van der Waals surface area (Å²) in [6.07, 6.45) is 3.26. The van der Waals surface area contributed by atoms with Crippen molar-refractivity contribution in [2.75, 3.05) is 12.3 Å². The molecule has 2 rings (SSSR count). The molecule has 0 saturated carbocycles. The summed E-state index contributed by atoms with van der Waals surface area (Å²) in [5, 5.41) is 5.29. The van der Waals surface area contributed by atoms with Crippen LogP contribution in [0.2, 0.25) is 0 Å². The Morgan fingerprint density at radius 1 is 1.47 bits per heavy atom. The molecule has 1 aliphatic rings. The summed E-state index contributed by atoms with van der Waals surface area (Å²) < 4.78 is 35.8. The largest absolute Gasteiger partial charge is 0.441 e. The van der Waals surface area contributed by atoms with E-state index in [4.69, 9.17) is 0 Å². The number of aryl methyl sites for hydroxylation is 1. The zero-order valence-electron chi connectivity index (χ0n) is 9.22. The minimum absolute atomic E-state index is 0.0456. The van der Waals surface area contributed by atoms with Gasteiger partial charge in [0.2, 0.25) is 0 Å². The SMILES string of the molecule is FC(F)(F)SCCNC1CCCc2sccc21. The maximum atomic E-state index is 11.9. The van der Waals surface area contributed by atoms with Gasteiger partial charge in [0.1, 0.15) is 0 Å². The summed E-state index contributed by atoms with van der Waals surface area (Å²) in [6, 6.07) is 2.34. The van der Waals surface area contributed by atoms with Crippen LogP contribution in [0, 0.1) is 0 Å². The van der Waals surface area contributed by atoms with Crippen LogP contribution in [0.1, 0.15) is 29.3 Å². The molecule has 0 saturated heterocycles. The third-order valence-electron chi connectivity index (χ3n) is 2.81. The van der Waals surface area contributed by atoms with Crippen molar-refractivity contribution in [1.29, 1.82) is 0 Å². The van der Waals surface area contributed by atoms with Gasteiger partial charge in [-0.25, -0.2) is 0 Å². The summed E-state index contributed by atoms with van der Waals surface area (Å²) in [7, 11) is 0. The number of rotatable bonds is 4. The molecule has 0 amide bonds. The molecule has 0 fully saturated rings. The van der Waals surface area contributed by atoms with E-state index < -0.39 is 5.51 Å². The summed E-state index contributed by atoms with van der Waals surface area (Å²) in [4.78, 5) is 1.39. The van der Waals surface area contributed by atoms with Crippen LogP contribution in [-0.4, -0.2) is 17.8 Å². The van der Waals surface area contributed by atoms with Crippen molar-refractivity contribution in [1.82, 2.24) is 5.32 Å². The first-order chi connectivity index (χ1) is 8.06. The third-order valence-corrected chi connectivity index (χ3v) is 4.54. The highest BCUT2D eigenvalue weighted by atomic mass is 32.2. The number of fused-ring (bicyclic) bond motifs is 1. The molecule has 0 aromatic carbocycles. The van der Waals surface area contributed by atoms with Crippen LogP contribution in [0.15, 0.2) is 11.4 Å². The molecule has 0 bridgehead atoms. The first-order valence-corrected chi connectivity index (χ1v) is 7.43. The van der Waals surface area contributed by atoms with Crippen LogP contribution in [-0.2, 0) is 6.42 Å². The van der Waals surface area contributed by atoms with Crippen LogP contribution in [0.5, 0.6) is 0 Å². The lowest BCUT2D eigenvalue weighted by Crippen LogP contribution is -2.26. The third kappa shape index (κ3) is 3.89. The Hall–Kier alpha value is -0.200. The minimum atomic E-state index is -4.11. The van der Waals surface area contributed by atoms with Crippen molar-refractivity contribution in [3.8, 4) is 0 Å². The van der Waals surface area contributed by atoms with Crippen molar-refractivity contribution in [2.24, 2.45) is 0 Å². The monoisotopic (exact) mass is 281 g/mol. The molecule has 1 nitrogen and oxygen atoms in total. The van der Waals surface area contributed by atoms with Gasteiger partial charge in [0.25, 0.3) is 0 Å². The first-order valence-electron chi connectivity index (χ1n) is 5.56. The molecule has 1 unspecified atom stereocenters. The smallest absolute Gasteiger partial charge is 0.309 e. The Morgan fingerprint density at radius 2 is 2.29 bits per heavy atom. The number of hydrogen-bond acceptors (Lipinski definition) is 3. The normalized spacial score (nSPS) is 20.3. The van der Waals surface area contributed by atoms with Crippen LogP contribution >= 0.6 is 23.1 Å². The lowest BCUT2D eigenvalue weighted by Gasteiger charge is -2.23. The van der Waals surface area contributed by atoms with Crippen molar-refractivity contribution in [3.63, 3.8) is 0 Å². The predicted molar refractivity (Wildman–Crippen MR) is 66.5 cm³/mol. The van der Waals surface area contributed by atoms with Gasteiger partial charge >= 0.3 is 5.51 Å². The van der Waals surface area contributed by atoms with Gasteiger partial charge in [0.15, 0.2) is 0 Å². The molecule has 1 heterocycles. The number of halogens is 3. The van der Waals surface area contributed by atoms with E-state index in [1.165, 1.54) is 10.4 Å². The molecule has 0 radical (unpaired) electrons. The number of alkyl halides is 3. The fourth-order valence-electron chi connectivity index (χ4n) is 2.10. The van der Waals surface area contributed by atoms with Crippen LogP contribution in [0.3, 0.4) is 0 Å². The van der Waals surface area contributed by atoms with Crippen molar-refractivity contribution in [3.05, 3.63) is 21.9 Å². The fourth-order valence-corrected chi connectivity index (χ4v) is 3.54. The maximum absolute atomic E-state index is 11.9. The van der Waals surface area contributed by atoms with Gasteiger partial charge in [-0.2, -0.15) is 13.2 Å². The van der Waals surface area contributed by atoms with Crippen LogP contribution in [0.4, 0.5) is 13.2 Å². The van der Waals surface area contributed by atoms with Crippen LogP contribution < -0.4 is 5.32 Å². The maximum Gasteiger partial charge on any atom is 0.441 e. The Labute approximate surface area is 107 Å². The molecule has 96 valence electrons. The van der Waals surface area contributed by atoms with Crippen molar-refractivity contribution >= 4 is 23.1 Å². The van der Waals surface area contributed by atoms with Gasteiger partial charge in [-0.1, -0.05) is 0 Å². The molecule has 1 aromatic heterocycles. The average molecular weight is 281 g/mol. The number of thiophene rings is 1. The van der Waals surface area contributed by atoms with Crippen molar-refractivity contribution in [2.45, 2.75) is 30.8 Å². The van der Waals surface area contributed by atoms with E-state index in [0.717, 1.165) is 19.3 Å². The molecule has 1 N–H and O–H groups in total. The predicted octanol–water partition coefficient (Wildman–Crippen LogP) is 3.97. The Bertz CT molecular complexity index is 362. The highest BCUT2D eigenvalue weighted by Gasteiger charge is 2.28. The van der Waals surface area contributed by atoms with E-state index >= 15 is 0 Å². The van der Waals surface area contributed by atoms with E-state index in [2.05, 4.69) is 16.8 Å². The summed E-state index contributed by atoms with van der Waals surface area (Å²) in [5.41, 5.74) is -2.82. The Balaban J connectivity index is 1.78. The summed E-state index contributed by atoms with van der Waals surface area (Å²) in [5.74, 6) is 0.0828. The van der Waals surface area contributed by atoms with Gasteiger partial charge in [-0.3, -0.25) is 0 Å². The minimum Gasteiger partial charge on any atom is -0.309 e. The average Bonchev–Trinajstić information content (AvgIpc) is 2.71. The highest BCUT2D eigenvalue weighted by molar-refractivity contribution is 8.00. The van der Waals surface area contributed by atoms with Gasteiger partial charge in [0, 0.05) is 23.2 Å². The molecule has 1 atom stereocenters. The molecule has 1 aromatic rings. The fraction of sp³-hybridized carbons (Fsp3) is 0.636. The molecular formula is C11H14F3NS2. The second-order valence-corrected chi connectivity index (χ2v) is 6.15. The standard InChI is InChI=1S/C11H14F3NS2/c12-11(13,14)17-7-5-15-9-2-1-3-10-8(9)4-6-16-10/h4,6,9,15H,1-3,5,7H2. The number of hydrogen-bond donors (Lipinski definition) is 1. The number of nitrogens with one attached hydrogen (secondary N) is 1. The zero-order valence-corrected chi connectivity index (χ0v) is 10.9. The lowest BCUT2D eigenvalue weighted by atomic mass is 9.94. The van der Waals surface area contributed by atoms with E-state index in [1.54, 1.807) is 11.3 Å². The molecular weight excluding hydrogens is 267 g/mol. The quantitative estimate of drug-likeness (QED) is 0.838. The molecule has 6 heteroatoms. The first kappa shape index (κ1) is 13.2.